The average molecular weight is 788 g/mol. The van der Waals surface area contributed by atoms with Gasteiger partial charge in [-0.1, -0.05) is 76.2 Å². The van der Waals surface area contributed by atoms with E-state index in [1.54, 1.807) is 24.0 Å². The van der Waals surface area contributed by atoms with Crippen LogP contribution in [-0.4, -0.2) is 57.2 Å². The molecule has 6 aliphatic rings. The summed E-state index contributed by atoms with van der Waals surface area (Å²) in [5.41, 5.74) is -0.322. The predicted molar refractivity (Wildman–Crippen MR) is 217 cm³/mol. The number of nitrogens with zero attached hydrogens (tertiary/aromatic N) is 2. The van der Waals surface area contributed by atoms with Crippen molar-refractivity contribution < 1.29 is 33.4 Å². The van der Waals surface area contributed by atoms with Gasteiger partial charge in [0.15, 0.2) is 17.4 Å². The summed E-state index contributed by atoms with van der Waals surface area (Å²) in [6.07, 6.45) is 11.3. The monoisotopic (exact) mass is 788 g/mol. The number of aromatic nitrogens is 2. The van der Waals surface area contributed by atoms with Crippen molar-refractivity contribution in [3.63, 3.8) is 0 Å². The molecule has 5 fully saturated rings. The molecule has 0 unspecified atom stereocenters. The zero-order chi connectivity index (χ0) is 41.9. The molecular weight excluding hydrogens is 719 g/mol. The smallest absolute Gasteiger partial charge is 0.310 e. The molecule has 0 spiro atoms. The fraction of sp³-hybridized carbons (Fsp3) is 0.787. The largest absolute Gasteiger partial charge is 0.464 e. The van der Waals surface area contributed by atoms with Crippen molar-refractivity contribution in [3.05, 3.63) is 29.4 Å². The Morgan fingerprint density at radius 1 is 0.930 bits per heavy atom. The van der Waals surface area contributed by atoms with Gasteiger partial charge < -0.3 is 19.4 Å². The van der Waals surface area contributed by atoms with E-state index in [-0.39, 0.29) is 87.9 Å². The maximum absolute atomic E-state index is 14.4. The third-order valence-electron chi connectivity index (χ3n) is 18.0. The topological polar surface area (TPSA) is 134 Å². The van der Waals surface area contributed by atoms with Gasteiger partial charge in [-0.25, -0.2) is 4.98 Å². The van der Waals surface area contributed by atoms with Crippen LogP contribution in [0.4, 0.5) is 0 Å². The molecular formula is C47H69N3O7. The van der Waals surface area contributed by atoms with Crippen LogP contribution in [0, 0.1) is 62.1 Å². The van der Waals surface area contributed by atoms with E-state index in [0.29, 0.717) is 37.0 Å². The Morgan fingerprint density at radius 3 is 2.25 bits per heavy atom. The summed E-state index contributed by atoms with van der Waals surface area (Å²) in [4.78, 5) is 70.8. The number of carbonyl (C=O) groups is 5. The van der Waals surface area contributed by atoms with E-state index < -0.39 is 16.4 Å². The summed E-state index contributed by atoms with van der Waals surface area (Å²) >= 11 is 0. The summed E-state index contributed by atoms with van der Waals surface area (Å²) in [6, 6.07) is 0. The molecule has 10 nitrogen and oxygen atoms in total. The van der Waals surface area contributed by atoms with Crippen LogP contribution in [0.1, 0.15) is 157 Å². The lowest BCUT2D eigenvalue weighted by Gasteiger charge is -2.72. The molecule has 0 radical (unpaired) electrons. The minimum absolute atomic E-state index is 0.00889. The normalized spacial score (nSPS) is 39.2. The number of allylic oxidation sites excluding steroid dienone is 1. The fourth-order valence-electron chi connectivity index (χ4n) is 14.3. The number of amides is 1. The molecule has 10 heteroatoms. The van der Waals surface area contributed by atoms with Gasteiger partial charge in [0.05, 0.1) is 16.9 Å². The maximum atomic E-state index is 14.4. The quantitative estimate of drug-likeness (QED) is 0.142. The van der Waals surface area contributed by atoms with Crippen LogP contribution < -0.4 is 5.32 Å². The van der Waals surface area contributed by atoms with E-state index in [1.165, 1.54) is 5.57 Å². The van der Waals surface area contributed by atoms with Gasteiger partial charge in [0, 0.05) is 43.1 Å². The van der Waals surface area contributed by atoms with Gasteiger partial charge in [0.2, 0.25) is 5.91 Å². The molecule has 0 bridgehead atoms. The maximum Gasteiger partial charge on any atom is 0.310 e. The number of esters is 1. The van der Waals surface area contributed by atoms with Gasteiger partial charge in [0.25, 0.3) is 6.47 Å². The average Bonchev–Trinajstić information content (AvgIpc) is 3.67. The van der Waals surface area contributed by atoms with Gasteiger partial charge in [-0.15, -0.1) is 0 Å². The molecule has 0 aliphatic heterocycles. The highest BCUT2D eigenvalue weighted by Crippen LogP contribution is 2.76. The number of hydrogen-bond donors (Lipinski definition) is 1. The van der Waals surface area contributed by atoms with Crippen LogP contribution in [0.5, 0.6) is 0 Å². The second-order valence-corrected chi connectivity index (χ2v) is 22.2. The van der Waals surface area contributed by atoms with Crippen molar-refractivity contribution in [1.29, 1.82) is 0 Å². The van der Waals surface area contributed by atoms with E-state index in [0.717, 1.165) is 50.5 Å². The fourth-order valence-corrected chi connectivity index (χ4v) is 14.3. The van der Waals surface area contributed by atoms with Gasteiger partial charge in [0.1, 0.15) is 12.2 Å². The molecule has 1 aromatic heterocycles. The molecule has 0 aromatic carbocycles. The Labute approximate surface area is 340 Å². The summed E-state index contributed by atoms with van der Waals surface area (Å²) in [5, 5.41) is 3.50. The third kappa shape index (κ3) is 6.04. The molecule has 1 heterocycles. The van der Waals surface area contributed by atoms with E-state index in [1.807, 2.05) is 27.7 Å². The van der Waals surface area contributed by atoms with Gasteiger partial charge in [-0.3, -0.25) is 24.0 Å². The molecule has 57 heavy (non-hydrogen) atoms. The Hall–Kier alpha value is -3.30. The lowest BCUT2D eigenvalue weighted by atomic mass is 9.33. The van der Waals surface area contributed by atoms with E-state index >= 15 is 0 Å². The first-order valence-corrected chi connectivity index (χ1v) is 21.8. The molecule has 10 atom stereocenters. The zero-order valence-electron chi connectivity index (χ0n) is 36.8. The van der Waals surface area contributed by atoms with Crippen LogP contribution >= 0.6 is 0 Å². The summed E-state index contributed by atoms with van der Waals surface area (Å²) < 4.78 is 13.4. The van der Waals surface area contributed by atoms with Crippen LogP contribution in [0.25, 0.3) is 0 Å². The van der Waals surface area contributed by atoms with Gasteiger partial charge in [-0.05, 0) is 109 Å². The summed E-state index contributed by atoms with van der Waals surface area (Å²) in [7, 11) is 1.78. The number of imidazole rings is 1. The number of nitrogens with one attached hydrogen (secondary N) is 1. The van der Waals surface area contributed by atoms with E-state index in [4.69, 9.17) is 9.47 Å². The number of Topliss-reactive ketones (excluding diaryl/α,β-unsaturated/α-hetero) is 2. The van der Waals surface area contributed by atoms with Crippen molar-refractivity contribution in [2.75, 3.05) is 0 Å². The number of ketones is 2. The molecule has 1 aromatic rings. The van der Waals surface area contributed by atoms with Crippen molar-refractivity contribution in [1.82, 2.24) is 14.9 Å². The van der Waals surface area contributed by atoms with Gasteiger partial charge >= 0.3 is 5.97 Å². The van der Waals surface area contributed by atoms with Crippen LogP contribution in [0.3, 0.4) is 0 Å². The number of rotatable bonds is 10. The molecule has 1 N–H and O–H groups in total. The Balaban J connectivity index is 1.14. The highest BCUT2D eigenvalue weighted by atomic mass is 16.6. The summed E-state index contributed by atoms with van der Waals surface area (Å²) in [5.74, 6) is 0.728. The molecule has 314 valence electrons. The lowest BCUT2D eigenvalue weighted by Crippen LogP contribution is -2.67. The van der Waals surface area contributed by atoms with Crippen molar-refractivity contribution in [2.45, 2.75) is 165 Å². The Bertz CT molecular complexity index is 1890. The lowest BCUT2D eigenvalue weighted by molar-refractivity contribution is -0.236. The van der Waals surface area contributed by atoms with Crippen molar-refractivity contribution >= 4 is 29.9 Å². The van der Waals surface area contributed by atoms with E-state index in [9.17, 15) is 24.0 Å². The Morgan fingerprint density at radius 2 is 1.63 bits per heavy atom. The van der Waals surface area contributed by atoms with Gasteiger partial charge in [-0.2, -0.15) is 0 Å². The standard InChI is InChI=1S/C47H69N3O7/c1-27(2)36-30(52)25-47(49-40(55)41(3,4)24-31(53)38-48-21-22-50(38)12)20-19-45(10)28(37(36)47)13-14-33-44(9)17-16-34(43(7,8)32(44)15-18-46(33,45)11)57-39(54)29-23-35(56-26-51)42(29,5)6/h21-22,26-29,32-35H,13-20,23-25H2,1-12H3,(H,49,55)/t28-,29-,32+,33-,34+,35-,44+,45-,46-,47-/m1/s1. The molecule has 0 saturated heterocycles. The second kappa shape index (κ2) is 13.6. The van der Waals surface area contributed by atoms with E-state index in [2.05, 4.69) is 58.8 Å². The highest BCUT2D eigenvalue weighted by Gasteiger charge is 2.70. The van der Waals surface area contributed by atoms with Crippen LogP contribution in [0.15, 0.2) is 23.5 Å². The minimum Gasteiger partial charge on any atom is -0.464 e. The molecule has 1 amide bonds. The first-order chi connectivity index (χ1) is 26.4. The number of ether oxygens (including phenoxy) is 2. The minimum atomic E-state index is -0.995. The number of hydrogen-bond acceptors (Lipinski definition) is 8. The van der Waals surface area contributed by atoms with Crippen LogP contribution in [0.2, 0.25) is 0 Å². The van der Waals surface area contributed by atoms with Crippen LogP contribution in [-0.2, 0) is 35.7 Å². The molecule has 5 saturated carbocycles. The number of fused-ring (bicyclic) bond motifs is 7. The second-order valence-electron chi connectivity index (χ2n) is 22.2. The third-order valence-corrected chi connectivity index (χ3v) is 18.0. The molecule has 6 aliphatic carbocycles. The first kappa shape index (κ1) is 41.8. The van der Waals surface area contributed by atoms with Crippen molar-refractivity contribution in [3.8, 4) is 0 Å². The number of aryl methyl sites for hydroxylation is 1. The predicted octanol–water partition coefficient (Wildman–Crippen LogP) is 8.37. The highest BCUT2D eigenvalue weighted by molar-refractivity contribution is 6.03. The molecule has 7 rings (SSSR count). The SMILES string of the molecule is CC(C)C1=C2[C@H]3CC[C@@H]4[C@@]5(C)CC[C@H](OC(=O)[C@H]6C[C@@H](OC=O)C6(C)C)C(C)(C)[C@@H]5CC[C@@]4(C)[C@]3(C)CC[C@@]2(NC(=O)C(C)(C)CC(=O)c2nccn2C)CC1=O. The Kier molecular flexibility index (Phi) is 10.00. The summed E-state index contributed by atoms with van der Waals surface area (Å²) in [6.45, 7) is 24.6. The van der Waals surface area contributed by atoms with Crippen molar-refractivity contribution in [2.24, 2.45) is 69.1 Å². The zero-order valence-corrected chi connectivity index (χ0v) is 36.8. The number of carbonyl (C=O) groups excluding carboxylic acids is 5. The first-order valence-electron chi connectivity index (χ1n) is 21.8.